The van der Waals surface area contributed by atoms with Crippen LogP contribution in [0, 0.1) is 0 Å². The molecule has 2 fully saturated rings. The van der Waals surface area contributed by atoms with Crippen molar-refractivity contribution in [3.05, 3.63) is 42.5 Å². The van der Waals surface area contributed by atoms with Gasteiger partial charge in [0.05, 0.1) is 25.4 Å². The predicted molar refractivity (Wildman–Crippen MR) is 139 cm³/mol. The van der Waals surface area contributed by atoms with Crippen molar-refractivity contribution >= 4 is 22.3 Å². The van der Waals surface area contributed by atoms with Crippen molar-refractivity contribution < 1.29 is 9.47 Å². The zero-order valence-electron chi connectivity index (χ0n) is 20.1. The number of fused-ring (bicyclic) bond motifs is 1. The van der Waals surface area contributed by atoms with E-state index >= 15 is 0 Å². The first-order valence-electron chi connectivity index (χ1n) is 12.3. The first-order chi connectivity index (χ1) is 16.6. The minimum absolute atomic E-state index is 0.321. The molecule has 7 heteroatoms. The van der Waals surface area contributed by atoms with Crippen LogP contribution in [0.1, 0.15) is 25.7 Å². The predicted octanol–water partition coefficient (Wildman–Crippen LogP) is 4.01. The molecular weight excluding hydrogens is 426 g/mol. The summed E-state index contributed by atoms with van der Waals surface area (Å²) in [5.41, 5.74) is 11.4. The molecule has 34 heavy (non-hydrogen) atoms. The van der Waals surface area contributed by atoms with Gasteiger partial charge in [0.15, 0.2) is 11.5 Å². The Balaban J connectivity index is 1.52. The number of rotatable bonds is 6. The molecule has 1 aliphatic carbocycles. The fraction of sp³-hybridized carbons (Fsp3) is 0.444. The van der Waals surface area contributed by atoms with Gasteiger partial charge in [-0.1, -0.05) is 12.1 Å². The van der Waals surface area contributed by atoms with E-state index in [2.05, 4.69) is 45.9 Å². The lowest BCUT2D eigenvalue weighted by Gasteiger charge is -2.29. The fourth-order valence-electron chi connectivity index (χ4n) is 5.07. The second-order valence-corrected chi connectivity index (χ2v) is 9.32. The van der Waals surface area contributed by atoms with E-state index in [1.165, 1.54) is 5.69 Å². The van der Waals surface area contributed by atoms with Crippen molar-refractivity contribution in [3.63, 3.8) is 0 Å². The molecule has 1 saturated heterocycles. The maximum atomic E-state index is 6.14. The number of nitrogens with one attached hydrogen (secondary N) is 2. The van der Waals surface area contributed by atoms with E-state index in [1.54, 1.807) is 14.2 Å². The van der Waals surface area contributed by atoms with Crippen LogP contribution >= 0.6 is 0 Å². The highest BCUT2D eigenvalue weighted by molar-refractivity contribution is 5.96. The summed E-state index contributed by atoms with van der Waals surface area (Å²) in [7, 11) is 3.33. The number of hydrogen-bond donors (Lipinski definition) is 3. The van der Waals surface area contributed by atoms with Crippen molar-refractivity contribution in [2.45, 2.75) is 37.8 Å². The smallest absolute Gasteiger partial charge is 0.162 e. The summed E-state index contributed by atoms with van der Waals surface area (Å²) in [6.07, 6.45) is 4.26. The fourth-order valence-corrected chi connectivity index (χ4v) is 5.07. The molecule has 0 spiro atoms. The Bertz CT molecular complexity index is 1120. The molecule has 0 atom stereocenters. The average Bonchev–Trinajstić information content (AvgIpc) is 2.89. The molecule has 4 N–H and O–H groups in total. The van der Waals surface area contributed by atoms with Crippen molar-refractivity contribution in [1.29, 1.82) is 0 Å². The third kappa shape index (κ3) is 4.76. The summed E-state index contributed by atoms with van der Waals surface area (Å²) in [5.74, 6) is 1.39. The second kappa shape index (κ2) is 10.1. The Labute approximate surface area is 201 Å². The summed E-state index contributed by atoms with van der Waals surface area (Å²) in [6.45, 7) is 4.13. The maximum absolute atomic E-state index is 6.14. The highest BCUT2D eigenvalue weighted by Crippen LogP contribution is 2.38. The summed E-state index contributed by atoms with van der Waals surface area (Å²) < 4.78 is 11.1. The highest BCUT2D eigenvalue weighted by atomic mass is 16.5. The van der Waals surface area contributed by atoms with Crippen LogP contribution in [-0.2, 0) is 0 Å². The molecular formula is C27H35N5O2. The van der Waals surface area contributed by atoms with Gasteiger partial charge in [-0.25, -0.2) is 4.98 Å². The van der Waals surface area contributed by atoms with Crippen molar-refractivity contribution in [1.82, 2.24) is 10.3 Å². The van der Waals surface area contributed by atoms with Crippen molar-refractivity contribution in [3.8, 4) is 22.8 Å². The molecule has 2 heterocycles. The SMILES string of the molecule is COc1cc2nc(-c3ccc(N4CCNCC4)cc3)cc(N[C@H]3CC[C@H](N)CC3)c2cc1OC. The Morgan fingerprint density at radius 3 is 2.29 bits per heavy atom. The van der Waals surface area contributed by atoms with Crippen LogP contribution in [0.25, 0.3) is 22.2 Å². The van der Waals surface area contributed by atoms with Crippen LogP contribution in [-0.4, -0.2) is 57.5 Å². The molecule has 0 radical (unpaired) electrons. The normalized spacial score (nSPS) is 20.9. The van der Waals surface area contributed by atoms with E-state index in [9.17, 15) is 0 Å². The van der Waals surface area contributed by atoms with Crippen LogP contribution in [0.2, 0.25) is 0 Å². The van der Waals surface area contributed by atoms with Crippen molar-refractivity contribution in [2.75, 3.05) is 50.6 Å². The van der Waals surface area contributed by atoms with E-state index in [-0.39, 0.29) is 0 Å². The molecule has 1 aliphatic heterocycles. The monoisotopic (exact) mass is 461 g/mol. The number of aromatic nitrogens is 1. The number of pyridine rings is 1. The minimum Gasteiger partial charge on any atom is -0.493 e. The van der Waals surface area contributed by atoms with E-state index < -0.39 is 0 Å². The van der Waals surface area contributed by atoms with Gasteiger partial charge >= 0.3 is 0 Å². The Kier molecular flexibility index (Phi) is 6.74. The van der Waals surface area contributed by atoms with Crippen LogP contribution < -0.4 is 30.7 Å². The van der Waals surface area contributed by atoms with Gasteiger partial charge in [0, 0.05) is 66.7 Å². The molecule has 1 saturated carbocycles. The first-order valence-corrected chi connectivity index (χ1v) is 12.3. The molecule has 2 aliphatic rings. The van der Waals surface area contributed by atoms with Gasteiger partial charge in [0.25, 0.3) is 0 Å². The summed E-state index contributed by atoms with van der Waals surface area (Å²) in [5, 5.41) is 8.25. The summed E-state index contributed by atoms with van der Waals surface area (Å²) in [4.78, 5) is 7.44. The summed E-state index contributed by atoms with van der Waals surface area (Å²) in [6, 6.07) is 15.6. The number of nitrogens with two attached hydrogens (primary N) is 1. The Hall–Kier alpha value is -3.03. The number of piperazine rings is 1. The van der Waals surface area contributed by atoms with Gasteiger partial charge in [-0.05, 0) is 49.9 Å². The van der Waals surface area contributed by atoms with Crippen LogP contribution in [0.4, 0.5) is 11.4 Å². The van der Waals surface area contributed by atoms with Gasteiger partial charge in [0.2, 0.25) is 0 Å². The molecule has 180 valence electrons. The number of methoxy groups -OCH3 is 2. The van der Waals surface area contributed by atoms with E-state index in [0.29, 0.717) is 23.6 Å². The summed E-state index contributed by atoms with van der Waals surface area (Å²) >= 11 is 0. The second-order valence-electron chi connectivity index (χ2n) is 9.32. The third-order valence-corrected chi connectivity index (χ3v) is 7.09. The van der Waals surface area contributed by atoms with Gasteiger partial charge in [-0.2, -0.15) is 0 Å². The molecule has 1 aromatic heterocycles. The Morgan fingerprint density at radius 2 is 1.62 bits per heavy atom. The average molecular weight is 462 g/mol. The standard InChI is InChI=1S/C27H35N5O2/c1-33-26-15-22-24(30-20-7-5-19(28)6-8-20)16-23(31-25(22)17-27(26)34-2)18-3-9-21(10-4-18)32-13-11-29-12-14-32/h3-4,9-10,15-17,19-20,29H,5-8,11-14,28H2,1-2H3,(H,30,31)/t19-,20-. The minimum atomic E-state index is 0.321. The van der Waals surface area contributed by atoms with E-state index in [1.807, 2.05) is 12.1 Å². The van der Waals surface area contributed by atoms with Crippen molar-refractivity contribution in [2.24, 2.45) is 5.73 Å². The van der Waals surface area contributed by atoms with Gasteiger partial charge in [0.1, 0.15) is 0 Å². The Morgan fingerprint density at radius 1 is 0.941 bits per heavy atom. The lowest BCUT2D eigenvalue weighted by atomic mass is 9.91. The van der Waals surface area contributed by atoms with Crippen LogP contribution in [0.5, 0.6) is 11.5 Å². The quantitative estimate of drug-likeness (QED) is 0.511. The number of nitrogens with zero attached hydrogens (tertiary/aromatic N) is 2. The van der Waals surface area contributed by atoms with Gasteiger partial charge < -0.3 is 30.7 Å². The zero-order valence-corrected chi connectivity index (χ0v) is 20.1. The van der Waals surface area contributed by atoms with Gasteiger partial charge in [-0.15, -0.1) is 0 Å². The number of ether oxygens (including phenoxy) is 2. The van der Waals surface area contributed by atoms with E-state index in [4.69, 9.17) is 20.2 Å². The largest absolute Gasteiger partial charge is 0.493 e. The van der Waals surface area contributed by atoms with Crippen LogP contribution in [0.15, 0.2) is 42.5 Å². The molecule has 2 aromatic carbocycles. The molecule has 0 bridgehead atoms. The highest BCUT2D eigenvalue weighted by Gasteiger charge is 2.21. The van der Waals surface area contributed by atoms with Gasteiger partial charge in [-0.3, -0.25) is 0 Å². The maximum Gasteiger partial charge on any atom is 0.162 e. The molecule has 7 nitrogen and oxygen atoms in total. The lowest BCUT2D eigenvalue weighted by Crippen LogP contribution is -2.43. The first kappa shape index (κ1) is 22.7. The van der Waals surface area contributed by atoms with E-state index in [0.717, 1.165) is 79.7 Å². The third-order valence-electron chi connectivity index (χ3n) is 7.09. The molecule has 5 rings (SSSR count). The number of anilines is 2. The number of benzene rings is 2. The number of hydrogen-bond acceptors (Lipinski definition) is 7. The van der Waals surface area contributed by atoms with Crippen LogP contribution in [0.3, 0.4) is 0 Å². The molecule has 0 unspecified atom stereocenters. The zero-order chi connectivity index (χ0) is 23.5. The topological polar surface area (TPSA) is 84.7 Å². The lowest BCUT2D eigenvalue weighted by molar-refractivity contribution is 0.356. The molecule has 0 amide bonds. The molecule has 3 aromatic rings.